The van der Waals surface area contributed by atoms with E-state index in [1.54, 1.807) is 0 Å². The molecule has 5 nitrogen and oxygen atoms in total. The minimum atomic E-state index is -0.539. The van der Waals surface area contributed by atoms with Gasteiger partial charge in [-0.15, -0.1) is 0 Å². The van der Waals surface area contributed by atoms with Crippen LogP contribution in [0.2, 0.25) is 0 Å². The van der Waals surface area contributed by atoms with Crippen molar-refractivity contribution >= 4 is 11.9 Å². The first-order chi connectivity index (χ1) is 8.21. The Hall–Kier alpha value is -1.10. The van der Waals surface area contributed by atoms with Crippen molar-refractivity contribution in [2.45, 2.75) is 37.6 Å². The minimum absolute atomic E-state index is 0.0203. The average Bonchev–Trinajstić information content (AvgIpc) is 2.99. The number of urea groups is 1. The molecule has 0 aromatic carbocycles. The molecule has 0 bridgehead atoms. The Bertz CT molecular complexity index is 344. The zero-order chi connectivity index (χ0) is 11.9. The molecule has 3 rings (SSSR count). The fraction of sp³-hybridized carbons (Fsp3) is 0.833. The van der Waals surface area contributed by atoms with Gasteiger partial charge in [0.25, 0.3) is 5.91 Å². The van der Waals surface area contributed by atoms with E-state index in [4.69, 9.17) is 0 Å². The summed E-state index contributed by atoms with van der Waals surface area (Å²) in [5, 5.41) is 6.19. The Kier molecular flexibility index (Phi) is 2.58. The molecule has 2 saturated heterocycles. The smallest absolute Gasteiger partial charge is 0.323 e. The highest BCUT2D eigenvalue weighted by Crippen LogP contribution is 2.35. The van der Waals surface area contributed by atoms with Crippen molar-refractivity contribution in [2.24, 2.45) is 5.92 Å². The summed E-state index contributed by atoms with van der Waals surface area (Å²) in [4.78, 5) is 25.7. The number of nitrogens with zero attached hydrogens (tertiary/aromatic N) is 1. The second-order valence-corrected chi connectivity index (χ2v) is 5.49. The Labute approximate surface area is 101 Å². The maximum absolute atomic E-state index is 12.3. The summed E-state index contributed by atoms with van der Waals surface area (Å²) in [7, 11) is 0. The Morgan fingerprint density at radius 2 is 2.06 bits per heavy atom. The molecular formula is C12H19N3O2. The molecule has 0 aromatic heterocycles. The molecule has 0 aromatic rings. The molecule has 5 heteroatoms. The number of hydrogen-bond donors (Lipinski definition) is 2. The molecule has 1 atom stereocenters. The Morgan fingerprint density at radius 1 is 1.29 bits per heavy atom. The van der Waals surface area contributed by atoms with E-state index < -0.39 is 5.54 Å². The fourth-order valence-corrected chi connectivity index (χ4v) is 3.29. The number of carbonyl (C=O) groups excluding carboxylic acids is 2. The molecular weight excluding hydrogens is 218 g/mol. The topological polar surface area (TPSA) is 61.4 Å². The van der Waals surface area contributed by atoms with Gasteiger partial charge in [-0.2, -0.15) is 0 Å². The maximum Gasteiger partial charge on any atom is 0.325 e. The number of carbonyl (C=O) groups is 2. The summed E-state index contributed by atoms with van der Waals surface area (Å²) < 4.78 is 0. The molecule has 1 saturated carbocycles. The number of imide groups is 1. The molecule has 1 unspecified atom stereocenters. The number of nitrogens with one attached hydrogen (secondary N) is 2. The minimum Gasteiger partial charge on any atom is -0.323 e. The Balaban J connectivity index is 1.72. The van der Waals surface area contributed by atoms with E-state index in [9.17, 15) is 9.59 Å². The first-order valence-corrected chi connectivity index (χ1v) is 6.56. The van der Waals surface area contributed by atoms with Crippen molar-refractivity contribution in [1.29, 1.82) is 0 Å². The summed E-state index contributed by atoms with van der Waals surface area (Å²) >= 11 is 0. The summed E-state index contributed by atoms with van der Waals surface area (Å²) in [6.07, 6.45) is 4.79. The summed E-state index contributed by atoms with van der Waals surface area (Å²) in [5.74, 6) is 0.452. The van der Waals surface area contributed by atoms with Crippen LogP contribution >= 0.6 is 0 Å². The predicted octanol–water partition coefficient (Wildman–Crippen LogP) is 0.460. The Morgan fingerprint density at radius 3 is 2.71 bits per heavy atom. The molecule has 3 amide bonds. The van der Waals surface area contributed by atoms with Crippen molar-refractivity contribution in [3.05, 3.63) is 0 Å². The lowest BCUT2D eigenvalue weighted by atomic mass is 9.97. The average molecular weight is 237 g/mol. The van der Waals surface area contributed by atoms with Gasteiger partial charge < -0.3 is 10.6 Å². The zero-order valence-electron chi connectivity index (χ0n) is 10.00. The highest BCUT2D eigenvalue weighted by atomic mass is 16.2. The first kappa shape index (κ1) is 11.0. The van der Waals surface area contributed by atoms with Gasteiger partial charge in [0.1, 0.15) is 5.54 Å². The number of hydrogen-bond acceptors (Lipinski definition) is 3. The lowest BCUT2D eigenvalue weighted by Gasteiger charge is -2.21. The van der Waals surface area contributed by atoms with Gasteiger partial charge in [-0.3, -0.25) is 9.69 Å². The van der Waals surface area contributed by atoms with Gasteiger partial charge in [0.05, 0.1) is 0 Å². The molecule has 3 aliphatic rings. The van der Waals surface area contributed by atoms with Gasteiger partial charge in [-0.05, 0) is 38.3 Å². The highest BCUT2D eigenvalue weighted by Gasteiger charge is 2.52. The van der Waals surface area contributed by atoms with Crippen LogP contribution in [0.25, 0.3) is 0 Å². The van der Waals surface area contributed by atoms with Crippen LogP contribution in [-0.4, -0.2) is 42.0 Å². The van der Waals surface area contributed by atoms with Gasteiger partial charge in [-0.25, -0.2) is 4.79 Å². The molecule has 2 N–H and O–H groups in total. The van der Waals surface area contributed by atoms with Crippen molar-refractivity contribution < 1.29 is 9.59 Å². The molecule has 1 aliphatic carbocycles. The van der Waals surface area contributed by atoms with Crippen molar-refractivity contribution in [3.8, 4) is 0 Å². The van der Waals surface area contributed by atoms with Gasteiger partial charge in [0.2, 0.25) is 0 Å². The summed E-state index contributed by atoms with van der Waals surface area (Å²) in [6, 6.07) is -0.177. The maximum atomic E-state index is 12.3. The second kappa shape index (κ2) is 3.98. The third kappa shape index (κ3) is 1.73. The fourth-order valence-electron chi connectivity index (χ4n) is 3.29. The highest BCUT2D eigenvalue weighted by molar-refractivity contribution is 6.07. The predicted molar refractivity (Wildman–Crippen MR) is 62.4 cm³/mol. The largest absolute Gasteiger partial charge is 0.325 e. The molecule has 94 valence electrons. The molecule has 1 spiro atoms. The van der Waals surface area contributed by atoms with Crippen LogP contribution in [0.5, 0.6) is 0 Å². The third-order valence-corrected chi connectivity index (χ3v) is 4.31. The molecule has 2 heterocycles. The lowest BCUT2D eigenvalue weighted by molar-refractivity contribution is -0.131. The van der Waals surface area contributed by atoms with E-state index in [0.717, 1.165) is 45.2 Å². The van der Waals surface area contributed by atoms with Gasteiger partial charge in [0, 0.05) is 6.54 Å². The molecule has 2 aliphatic heterocycles. The quantitative estimate of drug-likeness (QED) is 0.686. The number of amides is 3. The van der Waals surface area contributed by atoms with E-state index >= 15 is 0 Å². The van der Waals surface area contributed by atoms with Crippen molar-refractivity contribution in [3.63, 3.8) is 0 Å². The van der Waals surface area contributed by atoms with E-state index in [-0.39, 0.29) is 11.9 Å². The standard InChI is InChI=1S/C12H19N3O2/c16-10-12(4-1-2-5-12)14-11(17)15(10)8-9-3-6-13-7-9/h9,13H,1-8H2,(H,14,17). The van der Waals surface area contributed by atoms with E-state index in [1.807, 2.05) is 0 Å². The summed E-state index contributed by atoms with van der Waals surface area (Å²) in [5.41, 5.74) is -0.539. The van der Waals surface area contributed by atoms with Gasteiger partial charge >= 0.3 is 6.03 Å². The van der Waals surface area contributed by atoms with Crippen LogP contribution in [0.4, 0.5) is 4.79 Å². The molecule has 3 fully saturated rings. The van der Waals surface area contributed by atoms with Crippen molar-refractivity contribution in [2.75, 3.05) is 19.6 Å². The van der Waals surface area contributed by atoms with Gasteiger partial charge in [-0.1, -0.05) is 12.8 Å². The third-order valence-electron chi connectivity index (χ3n) is 4.31. The van der Waals surface area contributed by atoms with E-state index in [1.165, 1.54) is 4.90 Å². The molecule has 0 radical (unpaired) electrons. The van der Waals surface area contributed by atoms with E-state index in [0.29, 0.717) is 12.5 Å². The van der Waals surface area contributed by atoms with Gasteiger partial charge in [0.15, 0.2) is 0 Å². The summed E-state index contributed by atoms with van der Waals surface area (Å²) in [6.45, 7) is 2.50. The van der Waals surface area contributed by atoms with E-state index in [2.05, 4.69) is 10.6 Å². The van der Waals surface area contributed by atoms with Crippen LogP contribution in [-0.2, 0) is 4.79 Å². The van der Waals surface area contributed by atoms with Crippen LogP contribution < -0.4 is 10.6 Å². The lowest BCUT2D eigenvalue weighted by Crippen LogP contribution is -2.44. The van der Waals surface area contributed by atoms with Crippen LogP contribution in [0.3, 0.4) is 0 Å². The zero-order valence-corrected chi connectivity index (χ0v) is 10.00. The van der Waals surface area contributed by atoms with Crippen LogP contribution in [0, 0.1) is 5.92 Å². The second-order valence-electron chi connectivity index (χ2n) is 5.49. The molecule has 17 heavy (non-hydrogen) atoms. The SMILES string of the molecule is O=C1NC2(CCCC2)C(=O)N1CC1CCNC1. The monoisotopic (exact) mass is 237 g/mol. The normalized spacial score (nSPS) is 31.5. The van der Waals surface area contributed by atoms with Crippen LogP contribution in [0.1, 0.15) is 32.1 Å². The van der Waals surface area contributed by atoms with Crippen molar-refractivity contribution in [1.82, 2.24) is 15.5 Å². The first-order valence-electron chi connectivity index (χ1n) is 6.56. The van der Waals surface area contributed by atoms with Crippen LogP contribution in [0.15, 0.2) is 0 Å². The number of rotatable bonds is 2.